The molecule has 3 rings (SSSR count). The summed E-state index contributed by atoms with van der Waals surface area (Å²) in [7, 11) is -1.70. The van der Waals surface area contributed by atoms with Crippen molar-refractivity contribution in [2.75, 3.05) is 16.3 Å². The van der Waals surface area contributed by atoms with E-state index < -0.39 is 10.0 Å². The summed E-state index contributed by atoms with van der Waals surface area (Å²) in [6, 6.07) is 9.41. The first kappa shape index (κ1) is 22.6. The molecular weight excluding hydrogens is 422 g/mol. The van der Waals surface area contributed by atoms with Gasteiger partial charge in [-0.15, -0.1) is 10.2 Å². The average molecular weight is 452 g/mol. The number of para-hydroxylation sites is 1. The van der Waals surface area contributed by atoms with Crippen LogP contribution in [0.1, 0.15) is 38.9 Å². The summed E-state index contributed by atoms with van der Waals surface area (Å²) in [5.41, 5.74) is 0.570. The first-order valence-corrected chi connectivity index (χ1v) is 12.9. The highest BCUT2D eigenvalue weighted by Gasteiger charge is 2.29. The molecule has 10 heteroatoms. The van der Waals surface area contributed by atoms with Crippen molar-refractivity contribution in [3.8, 4) is 0 Å². The summed E-state index contributed by atoms with van der Waals surface area (Å²) >= 11 is 1.33. The van der Waals surface area contributed by atoms with Gasteiger partial charge in [0, 0.05) is 19.1 Å². The second-order valence-corrected chi connectivity index (χ2v) is 10.6. The van der Waals surface area contributed by atoms with Gasteiger partial charge in [0.1, 0.15) is 0 Å². The highest BCUT2D eigenvalue weighted by molar-refractivity contribution is 7.99. The Kier molecular flexibility index (Phi) is 7.07. The molecule has 2 atom stereocenters. The normalized spacial score (nSPS) is 19.7. The van der Waals surface area contributed by atoms with Crippen LogP contribution in [0.3, 0.4) is 0 Å². The minimum Gasteiger partial charge on any atom is -0.337 e. The Bertz CT molecular complexity index is 968. The number of hydrogen-bond donors (Lipinski definition) is 0. The molecule has 1 amide bonds. The third-order valence-corrected chi connectivity index (χ3v) is 7.61. The maximum atomic E-state index is 12.8. The maximum absolute atomic E-state index is 12.8. The zero-order valence-electron chi connectivity index (χ0n) is 17.9. The third kappa shape index (κ3) is 5.15. The number of anilines is 1. The zero-order chi connectivity index (χ0) is 21.9. The van der Waals surface area contributed by atoms with Gasteiger partial charge in [-0.2, -0.15) is 0 Å². The van der Waals surface area contributed by atoms with E-state index in [1.54, 1.807) is 35.9 Å². The van der Waals surface area contributed by atoms with Crippen molar-refractivity contribution in [1.82, 2.24) is 19.7 Å². The van der Waals surface area contributed by atoms with Crippen molar-refractivity contribution in [2.45, 2.75) is 56.9 Å². The Morgan fingerprint density at radius 2 is 1.80 bits per heavy atom. The molecule has 0 aliphatic carbocycles. The summed E-state index contributed by atoms with van der Waals surface area (Å²) in [5, 5.41) is 8.95. The van der Waals surface area contributed by atoms with E-state index in [-0.39, 0.29) is 30.3 Å². The van der Waals surface area contributed by atoms with Gasteiger partial charge in [0.05, 0.1) is 24.2 Å². The van der Waals surface area contributed by atoms with Crippen LogP contribution in [0.4, 0.5) is 5.69 Å². The molecule has 0 saturated carbocycles. The molecule has 1 fully saturated rings. The lowest BCUT2D eigenvalue weighted by Gasteiger charge is -2.39. The SMILES string of the molecule is C[C@@H]1CCC[C@@H](C)N1C(=O)CSc1nnc(CN(c2ccccc2)S(C)(=O)=O)n1C. The van der Waals surface area contributed by atoms with Gasteiger partial charge in [-0.3, -0.25) is 9.10 Å². The van der Waals surface area contributed by atoms with E-state index in [9.17, 15) is 13.2 Å². The number of likely N-dealkylation sites (tertiary alicyclic amines) is 1. The van der Waals surface area contributed by atoms with Crippen molar-refractivity contribution < 1.29 is 13.2 Å². The lowest BCUT2D eigenvalue weighted by atomic mass is 9.98. The highest BCUT2D eigenvalue weighted by atomic mass is 32.2. The molecule has 0 spiro atoms. The monoisotopic (exact) mass is 451 g/mol. The molecule has 1 aliphatic rings. The molecule has 30 heavy (non-hydrogen) atoms. The van der Waals surface area contributed by atoms with Crippen LogP contribution in [-0.2, 0) is 28.4 Å². The molecule has 164 valence electrons. The first-order chi connectivity index (χ1) is 14.2. The van der Waals surface area contributed by atoms with Crippen LogP contribution in [0, 0.1) is 0 Å². The first-order valence-electron chi connectivity index (χ1n) is 10.0. The zero-order valence-corrected chi connectivity index (χ0v) is 19.5. The van der Waals surface area contributed by atoms with Crippen LogP contribution in [0.2, 0.25) is 0 Å². The average Bonchev–Trinajstić information content (AvgIpc) is 3.03. The van der Waals surface area contributed by atoms with Crippen molar-refractivity contribution in [3.63, 3.8) is 0 Å². The number of amides is 1. The van der Waals surface area contributed by atoms with Gasteiger partial charge in [-0.05, 0) is 45.2 Å². The van der Waals surface area contributed by atoms with Gasteiger partial charge in [-0.25, -0.2) is 8.42 Å². The summed E-state index contributed by atoms with van der Waals surface area (Å²) < 4.78 is 27.7. The van der Waals surface area contributed by atoms with E-state index in [1.165, 1.54) is 22.3 Å². The number of aromatic nitrogens is 3. The quantitative estimate of drug-likeness (QED) is 0.602. The summed E-state index contributed by atoms with van der Waals surface area (Å²) in [5.74, 6) is 0.903. The number of hydrogen-bond acceptors (Lipinski definition) is 6. The van der Waals surface area contributed by atoms with Crippen LogP contribution in [-0.4, -0.2) is 58.1 Å². The standard InChI is InChI=1S/C20H29N5O3S2/c1-15-9-8-10-16(2)25(15)19(26)14-29-20-22-21-18(23(20)3)13-24(30(4,27)28)17-11-6-5-7-12-17/h5-7,11-12,15-16H,8-10,13-14H2,1-4H3/t15-,16-/m1/s1. The molecule has 1 saturated heterocycles. The number of thioether (sulfide) groups is 1. The van der Waals surface area contributed by atoms with Crippen molar-refractivity contribution in [1.29, 1.82) is 0 Å². The van der Waals surface area contributed by atoms with Crippen LogP contribution < -0.4 is 4.31 Å². The summed E-state index contributed by atoms with van der Waals surface area (Å²) in [6.45, 7) is 4.27. The largest absolute Gasteiger partial charge is 0.337 e. The number of sulfonamides is 1. The van der Waals surface area contributed by atoms with E-state index >= 15 is 0 Å². The molecular formula is C20H29N5O3S2. The topological polar surface area (TPSA) is 88.4 Å². The molecule has 0 radical (unpaired) electrons. The predicted molar refractivity (Wildman–Crippen MR) is 119 cm³/mol. The fourth-order valence-corrected chi connectivity index (χ4v) is 5.50. The number of carbonyl (C=O) groups is 1. The Labute approximate surface area is 182 Å². The van der Waals surface area contributed by atoms with Gasteiger partial charge >= 0.3 is 0 Å². The summed E-state index contributed by atoms with van der Waals surface area (Å²) in [4.78, 5) is 14.7. The third-order valence-electron chi connectivity index (χ3n) is 5.46. The summed E-state index contributed by atoms with van der Waals surface area (Å²) in [6.07, 6.45) is 4.40. The minimum absolute atomic E-state index is 0.0705. The highest BCUT2D eigenvalue weighted by Crippen LogP contribution is 2.25. The fourth-order valence-electron chi connectivity index (χ4n) is 3.84. The molecule has 0 unspecified atom stereocenters. The Balaban J connectivity index is 1.70. The van der Waals surface area contributed by atoms with Crippen LogP contribution >= 0.6 is 11.8 Å². The molecule has 1 aliphatic heterocycles. The number of piperidine rings is 1. The number of carbonyl (C=O) groups excluding carboxylic acids is 1. The second-order valence-electron chi connectivity index (χ2n) is 7.78. The van der Waals surface area contributed by atoms with Crippen molar-refractivity contribution >= 4 is 33.4 Å². The minimum atomic E-state index is -3.49. The smallest absolute Gasteiger partial charge is 0.233 e. The number of rotatable bonds is 7. The van der Waals surface area contributed by atoms with Gasteiger partial charge in [0.2, 0.25) is 15.9 Å². The second kappa shape index (κ2) is 9.38. The molecule has 0 N–H and O–H groups in total. The molecule has 2 heterocycles. The van der Waals surface area contributed by atoms with Crippen molar-refractivity contribution in [2.24, 2.45) is 7.05 Å². The lowest BCUT2D eigenvalue weighted by molar-refractivity contribution is -0.134. The van der Waals surface area contributed by atoms with Gasteiger partial charge in [-0.1, -0.05) is 30.0 Å². The maximum Gasteiger partial charge on any atom is 0.233 e. The Hall–Kier alpha value is -2.07. The molecule has 1 aromatic heterocycles. The number of nitrogens with zero attached hydrogens (tertiary/aromatic N) is 5. The van der Waals surface area contributed by atoms with Crippen LogP contribution in [0.15, 0.2) is 35.5 Å². The van der Waals surface area contributed by atoms with Crippen molar-refractivity contribution in [3.05, 3.63) is 36.2 Å². The molecule has 1 aromatic carbocycles. The number of benzene rings is 1. The van der Waals surface area contributed by atoms with Gasteiger partial charge < -0.3 is 9.47 Å². The van der Waals surface area contributed by atoms with E-state index in [2.05, 4.69) is 24.0 Å². The Morgan fingerprint density at radius 1 is 1.17 bits per heavy atom. The van der Waals surface area contributed by atoms with Gasteiger partial charge in [0.15, 0.2) is 11.0 Å². The molecule has 8 nitrogen and oxygen atoms in total. The van der Waals surface area contributed by atoms with E-state index in [4.69, 9.17) is 0 Å². The fraction of sp³-hybridized carbons (Fsp3) is 0.550. The van der Waals surface area contributed by atoms with E-state index in [0.29, 0.717) is 16.7 Å². The van der Waals surface area contributed by atoms with Gasteiger partial charge in [0.25, 0.3) is 0 Å². The Morgan fingerprint density at radius 3 is 2.40 bits per heavy atom. The van der Waals surface area contributed by atoms with Crippen LogP contribution in [0.25, 0.3) is 0 Å². The van der Waals surface area contributed by atoms with E-state index in [1.807, 2.05) is 11.0 Å². The lowest BCUT2D eigenvalue weighted by Crippen LogP contribution is -2.48. The molecule has 0 bridgehead atoms. The van der Waals surface area contributed by atoms with E-state index in [0.717, 1.165) is 19.3 Å². The van der Waals surface area contributed by atoms with Crippen LogP contribution in [0.5, 0.6) is 0 Å². The molecule has 2 aromatic rings. The predicted octanol–water partition coefficient (Wildman–Crippen LogP) is 2.66.